The second-order valence-electron chi connectivity index (χ2n) is 11.0. The molecule has 16 heteroatoms. The van der Waals surface area contributed by atoms with Gasteiger partial charge in [-0.25, -0.2) is 14.6 Å². The van der Waals surface area contributed by atoms with Gasteiger partial charge in [-0.05, 0) is 44.4 Å². The number of alkyl halides is 3. The van der Waals surface area contributed by atoms with Crippen molar-refractivity contribution in [2.75, 3.05) is 30.5 Å². The third kappa shape index (κ3) is 7.60. The van der Waals surface area contributed by atoms with E-state index < -0.39 is 29.0 Å². The summed E-state index contributed by atoms with van der Waals surface area (Å²) in [6.45, 7) is 4.15. The average molecular weight is 640 g/mol. The van der Waals surface area contributed by atoms with Crippen LogP contribution in [0.4, 0.5) is 24.8 Å². The fourth-order valence-electron chi connectivity index (χ4n) is 5.24. The molecule has 4 aromatic rings. The van der Waals surface area contributed by atoms with Crippen LogP contribution in [0, 0.1) is 11.3 Å². The molecule has 13 nitrogen and oxygen atoms in total. The van der Waals surface area contributed by atoms with Crippen LogP contribution in [-0.4, -0.2) is 62.2 Å². The van der Waals surface area contributed by atoms with Crippen molar-refractivity contribution in [3.05, 3.63) is 81.6 Å². The van der Waals surface area contributed by atoms with Crippen molar-refractivity contribution < 1.29 is 27.2 Å². The minimum atomic E-state index is -4.91. The van der Waals surface area contributed by atoms with Crippen molar-refractivity contribution >= 4 is 11.6 Å². The maximum Gasteiger partial charge on any atom is 0.423 e. The first-order valence-electron chi connectivity index (χ1n) is 14.5. The molecule has 1 N–H and O–H groups in total. The first-order valence-corrected chi connectivity index (χ1v) is 14.5. The number of halogens is 3. The minimum absolute atomic E-state index is 0.00996. The number of piperidine rings is 1. The quantitative estimate of drug-likeness (QED) is 0.250. The highest BCUT2D eigenvalue weighted by atomic mass is 19.4. The van der Waals surface area contributed by atoms with Gasteiger partial charge in [0.1, 0.15) is 24.0 Å². The molecule has 1 aliphatic heterocycles. The summed E-state index contributed by atoms with van der Waals surface area (Å²) in [6.07, 6.45) is 0.551. The first kappa shape index (κ1) is 32.4. The lowest BCUT2D eigenvalue weighted by Crippen LogP contribution is -2.41. The molecule has 3 atom stereocenters. The molecule has 46 heavy (non-hydrogen) atoms. The first-order chi connectivity index (χ1) is 22.0. The Balaban J connectivity index is 1.15. The number of hydrogen-bond acceptors (Lipinski definition) is 12. The monoisotopic (exact) mass is 639 g/mol. The molecule has 0 aliphatic carbocycles. The van der Waals surface area contributed by atoms with Crippen LogP contribution in [0.2, 0.25) is 0 Å². The summed E-state index contributed by atoms with van der Waals surface area (Å²) in [6, 6.07) is 8.09. The zero-order valence-corrected chi connectivity index (χ0v) is 25.4. The Hall–Kier alpha value is -5.04. The summed E-state index contributed by atoms with van der Waals surface area (Å²) in [5.41, 5.74) is -2.05. The van der Waals surface area contributed by atoms with Crippen LogP contribution in [0.25, 0.3) is 0 Å². The van der Waals surface area contributed by atoms with Crippen LogP contribution >= 0.6 is 0 Å². The van der Waals surface area contributed by atoms with Crippen LogP contribution in [0.1, 0.15) is 61.0 Å². The number of aromatic nitrogens is 6. The SMILES string of the molecule is COc1ccc(Cn2ncc(NC(C)COCc3nc(C4CCN(c5ncc(C#N)cn5)C(C)C4)no3)c(C(F)(F)F)c2=O)cc1. The molecule has 242 valence electrons. The Labute approximate surface area is 262 Å². The largest absolute Gasteiger partial charge is 0.497 e. The standard InChI is InChI=1S/C30H32F3N9O4/c1-18(38-24-14-37-42(28(43)26(24)30(31,32)33)15-20-4-6-23(44-3)7-5-20)16-45-17-25-39-27(40-46-25)22-8-9-41(19(2)10-22)29-35-12-21(11-34)13-36-29/h4-7,12-14,18-19,22,38H,8-10,15-17H2,1-3H3. The maximum atomic E-state index is 14.0. The Morgan fingerprint density at radius 2 is 1.93 bits per heavy atom. The van der Waals surface area contributed by atoms with E-state index in [4.69, 9.17) is 19.3 Å². The second kappa shape index (κ2) is 13.9. The number of benzene rings is 1. The highest BCUT2D eigenvalue weighted by Gasteiger charge is 2.38. The smallest absolute Gasteiger partial charge is 0.423 e. The lowest BCUT2D eigenvalue weighted by Gasteiger charge is -2.36. The second-order valence-corrected chi connectivity index (χ2v) is 11.0. The lowest BCUT2D eigenvalue weighted by molar-refractivity contribution is -0.138. The van der Waals surface area contributed by atoms with E-state index in [1.165, 1.54) is 19.5 Å². The van der Waals surface area contributed by atoms with Gasteiger partial charge in [0.05, 0.1) is 50.1 Å². The molecule has 0 radical (unpaired) electrons. The zero-order chi connectivity index (χ0) is 32.8. The molecule has 3 aromatic heterocycles. The number of anilines is 2. The summed E-state index contributed by atoms with van der Waals surface area (Å²) in [5, 5.41) is 19.7. The molecule has 0 amide bonds. The number of ether oxygens (including phenoxy) is 2. The molecule has 1 aliphatic rings. The molecule has 4 heterocycles. The van der Waals surface area contributed by atoms with Crippen LogP contribution < -0.4 is 20.5 Å². The Kier molecular flexibility index (Phi) is 9.81. The third-order valence-electron chi connectivity index (χ3n) is 7.56. The minimum Gasteiger partial charge on any atom is -0.497 e. The topological polar surface area (TPSA) is 157 Å². The van der Waals surface area contributed by atoms with Crippen LogP contribution in [-0.2, 0) is 24.1 Å². The molecule has 3 unspecified atom stereocenters. The molecule has 5 rings (SSSR count). The lowest BCUT2D eigenvalue weighted by atomic mass is 9.91. The molecule has 1 aromatic carbocycles. The molecule has 1 saturated heterocycles. The Bertz CT molecular complexity index is 1720. The number of nitriles is 1. The normalized spacial score (nSPS) is 17.4. The van der Waals surface area contributed by atoms with Gasteiger partial charge in [-0.3, -0.25) is 4.79 Å². The van der Waals surface area contributed by atoms with Gasteiger partial charge in [0.25, 0.3) is 11.4 Å². The molecular formula is C30H32F3N9O4. The van der Waals surface area contributed by atoms with E-state index >= 15 is 0 Å². The fourth-order valence-corrected chi connectivity index (χ4v) is 5.24. The van der Waals surface area contributed by atoms with Gasteiger partial charge in [0.2, 0.25) is 5.95 Å². The summed E-state index contributed by atoms with van der Waals surface area (Å²) in [4.78, 5) is 28.0. The highest BCUT2D eigenvalue weighted by Crippen LogP contribution is 2.33. The van der Waals surface area contributed by atoms with Crippen LogP contribution in [0.5, 0.6) is 5.75 Å². The van der Waals surface area contributed by atoms with Crippen molar-refractivity contribution in [2.45, 2.75) is 64.0 Å². The number of nitrogens with zero attached hydrogens (tertiary/aromatic N) is 8. The highest BCUT2D eigenvalue weighted by molar-refractivity contribution is 5.50. The summed E-state index contributed by atoms with van der Waals surface area (Å²) < 4.78 is 58.8. The molecular weight excluding hydrogens is 607 g/mol. The van der Waals surface area contributed by atoms with Crippen LogP contribution in [0.3, 0.4) is 0 Å². The van der Waals surface area contributed by atoms with E-state index in [1.54, 1.807) is 31.2 Å². The van der Waals surface area contributed by atoms with Crippen molar-refractivity contribution in [3.8, 4) is 11.8 Å². The molecule has 0 spiro atoms. The predicted molar refractivity (Wildman–Crippen MR) is 158 cm³/mol. The summed E-state index contributed by atoms with van der Waals surface area (Å²) in [5.74, 6) is 1.98. The number of nitrogens with one attached hydrogen (secondary N) is 1. The predicted octanol–water partition coefficient (Wildman–Crippen LogP) is 4.15. The van der Waals surface area contributed by atoms with Gasteiger partial charge >= 0.3 is 6.18 Å². The van der Waals surface area contributed by atoms with Crippen molar-refractivity contribution in [3.63, 3.8) is 0 Å². The fraction of sp³-hybridized carbons (Fsp3) is 0.433. The van der Waals surface area contributed by atoms with E-state index in [0.29, 0.717) is 35.2 Å². The van der Waals surface area contributed by atoms with Crippen molar-refractivity contribution in [2.24, 2.45) is 0 Å². The molecule has 0 bridgehead atoms. The number of rotatable bonds is 11. The molecule has 0 saturated carbocycles. The average Bonchev–Trinajstić information content (AvgIpc) is 3.51. The molecule has 1 fully saturated rings. The summed E-state index contributed by atoms with van der Waals surface area (Å²) >= 11 is 0. The van der Waals surface area contributed by atoms with Gasteiger partial charge < -0.3 is 24.2 Å². The van der Waals surface area contributed by atoms with E-state index in [2.05, 4.69) is 42.3 Å². The summed E-state index contributed by atoms with van der Waals surface area (Å²) in [7, 11) is 1.50. The third-order valence-corrected chi connectivity index (χ3v) is 7.56. The van der Waals surface area contributed by atoms with Crippen LogP contribution in [0.15, 0.2) is 52.2 Å². The van der Waals surface area contributed by atoms with E-state index in [1.807, 2.05) is 6.07 Å². The van der Waals surface area contributed by atoms with Gasteiger partial charge in [-0.1, -0.05) is 17.3 Å². The van der Waals surface area contributed by atoms with Gasteiger partial charge in [-0.15, -0.1) is 0 Å². The van der Waals surface area contributed by atoms with E-state index in [0.717, 1.165) is 23.7 Å². The zero-order valence-electron chi connectivity index (χ0n) is 25.4. The number of hydrogen-bond donors (Lipinski definition) is 1. The van der Waals surface area contributed by atoms with Crippen molar-refractivity contribution in [1.29, 1.82) is 5.26 Å². The van der Waals surface area contributed by atoms with E-state index in [-0.39, 0.29) is 37.6 Å². The Morgan fingerprint density at radius 3 is 2.59 bits per heavy atom. The van der Waals surface area contributed by atoms with Gasteiger partial charge in [0, 0.05) is 24.5 Å². The van der Waals surface area contributed by atoms with Gasteiger partial charge in [0.15, 0.2) is 5.82 Å². The van der Waals surface area contributed by atoms with Gasteiger partial charge in [-0.2, -0.15) is 28.5 Å². The Morgan fingerprint density at radius 1 is 1.20 bits per heavy atom. The maximum absolute atomic E-state index is 14.0. The van der Waals surface area contributed by atoms with Crippen molar-refractivity contribution in [1.82, 2.24) is 29.9 Å². The number of methoxy groups -OCH3 is 1. The van der Waals surface area contributed by atoms with E-state index in [9.17, 15) is 18.0 Å².